The van der Waals surface area contributed by atoms with Gasteiger partial charge in [0.05, 0.1) is 5.56 Å². The molecule has 2 nitrogen and oxygen atoms in total. The third-order valence-electron chi connectivity index (χ3n) is 6.23. The van der Waals surface area contributed by atoms with Gasteiger partial charge in [-0.1, -0.05) is 48.5 Å². The predicted molar refractivity (Wildman–Crippen MR) is 105 cm³/mol. The summed E-state index contributed by atoms with van der Waals surface area (Å²) >= 11 is 0. The highest BCUT2D eigenvalue weighted by Gasteiger charge is 2.44. The SMILES string of the molecule is FC(F)(F)c1ccccc1CN1CCC(CNC2(c3ccccc3)CC2)CC1. The van der Waals surface area contributed by atoms with Gasteiger partial charge in [0.25, 0.3) is 0 Å². The molecule has 2 aromatic rings. The van der Waals surface area contributed by atoms with Crippen molar-refractivity contribution >= 4 is 0 Å². The number of nitrogens with one attached hydrogen (secondary N) is 1. The Balaban J connectivity index is 1.28. The van der Waals surface area contributed by atoms with Crippen LogP contribution in [-0.4, -0.2) is 24.5 Å². The molecule has 28 heavy (non-hydrogen) atoms. The first kappa shape index (κ1) is 19.5. The average Bonchev–Trinajstić information content (AvgIpc) is 3.49. The van der Waals surface area contributed by atoms with Crippen molar-refractivity contribution in [1.82, 2.24) is 10.2 Å². The molecule has 1 heterocycles. The van der Waals surface area contributed by atoms with E-state index in [1.54, 1.807) is 12.1 Å². The predicted octanol–water partition coefficient (Wildman–Crippen LogP) is 5.20. The van der Waals surface area contributed by atoms with E-state index in [9.17, 15) is 13.2 Å². The third kappa shape index (κ3) is 4.41. The average molecular weight is 388 g/mol. The summed E-state index contributed by atoms with van der Waals surface area (Å²) in [5.74, 6) is 0.593. The fraction of sp³-hybridized carbons (Fsp3) is 0.478. The van der Waals surface area contributed by atoms with Crippen LogP contribution >= 0.6 is 0 Å². The fourth-order valence-electron chi connectivity index (χ4n) is 4.31. The lowest BCUT2D eigenvalue weighted by Crippen LogP contribution is -2.40. The zero-order valence-corrected chi connectivity index (χ0v) is 16.0. The highest BCUT2D eigenvalue weighted by Crippen LogP contribution is 2.45. The molecule has 0 aromatic heterocycles. The summed E-state index contributed by atoms with van der Waals surface area (Å²) in [4.78, 5) is 2.16. The number of benzene rings is 2. The number of hydrogen-bond donors (Lipinski definition) is 1. The molecule has 4 rings (SSSR count). The molecule has 150 valence electrons. The van der Waals surface area contributed by atoms with E-state index in [0.717, 1.165) is 32.5 Å². The highest BCUT2D eigenvalue weighted by atomic mass is 19.4. The summed E-state index contributed by atoms with van der Waals surface area (Å²) in [6.45, 7) is 3.08. The van der Waals surface area contributed by atoms with Crippen molar-refractivity contribution in [3.8, 4) is 0 Å². The van der Waals surface area contributed by atoms with Crippen LogP contribution in [0.3, 0.4) is 0 Å². The first-order chi connectivity index (χ1) is 13.5. The Morgan fingerprint density at radius 1 is 0.929 bits per heavy atom. The van der Waals surface area contributed by atoms with Crippen molar-refractivity contribution in [1.29, 1.82) is 0 Å². The van der Waals surface area contributed by atoms with Crippen LogP contribution in [0.1, 0.15) is 42.4 Å². The maximum absolute atomic E-state index is 13.2. The fourth-order valence-corrected chi connectivity index (χ4v) is 4.31. The van der Waals surface area contributed by atoms with Crippen LogP contribution < -0.4 is 5.32 Å². The Morgan fingerprint density at radius 3 is 2.21 bits per heavy atom. The van der Waals surface area contributed by atoms with E-state index >= 15 is 0 Å². The van der Waals surface area contributed by atoms with Crippen molar-refractivity contribution < 1.29 is 13.2 Å². The highest BCUT2D eigenvalue weighted by molar-refractivity contribution is 5.30. The Hall–Kier alpha value is -1.85. The summed E-state index contributed by atoms with van der Waals surface area (Å²) < 4.78 is 39.6. The zero-order chi connectivity index (χ0) is 19.6. The number of halogens is 3. The molecule has 2 fully saturated rings. The number of rotatable bonds is 6. The van der Waals surface area contributed by atoms with E-state index in [2.05, 4.69) is 34.5 Å². The van der Waals surface area contributed by atoms with E-state index in [1.165, 1.54) is 30.5 Å². The van der Waals surface area contributed by atoms with Gasteiger partial charge in [-0.3, -0.25) is 4.90 Å². The minimum absolute atomic E-state index is 0.157. The zero-order valence-electron chi connectivity index (χ0n) is 16.0. The van der Waals surface area contributed by atoms with Crippen molar-refractivity contribution in [3.63, 3.8) is 0 Å². The van der Waals surface area contributed by atoms with Gasteiger partial charge in [0, 0.05) is 12.1 Å². The molecule has 0 atom stereocenters. The maximum Gasteiger partial charge on any atom is 0.416 e. The van der Waals surface area contributed by atoms with Crippen molar-refractivity contribution in [3.05, 3.63) is 71.3 Å². The van der Waals surface area contributed by atoms with Gasteiger partial charge >= 0.3 is 6.18 Å². The van der Waals surface area contributed by atoms with Crippen LogP contribution in [0.5, 0.6) is 0 Å². The second-order valence-electron chi connectivity index (χ2n) is 8.20. The molecule has 5 heteroatoms. The van der Waals surface area contributed by atoms with Crippen LogP contribution in [0.4, 0.5) is 13.2 Å². The number of likely N-dealkylation sites (tertiary alicyclic amines) is 1. The topological polar surface area (TPSA) is 15.3 Å². The molecule has 0 radical (unpaired) electrons. The lowest BCUT2D eigenvalue weighted by Gasteiger charge is -2.33. The molecule has 1 saturated carbocycles. The van der Waals surface area contributed by atoms with Gasteiger partial charge in [0.1, 0.15) is 0 Å². The Bertz CT molecular complexity index is 776. The van der Waals surface area contributed by atoms with Gasteiger partial charge in [0.15, 0.2) is 0 Å². The second kappa shape index (κ2) is 7.88. The quantitative estimate of drug-likeness (QED) is 0.732. The first-order valence-corrected chi connectivity index (χ1v) is 10.1. The molecule has 1 aliphatic heterocycles. The summed E-state index contributed by atoms with van der Waals surface area (Å²) in [6, 6.07) is 16.6. The number of hydrogen-bond acceptors (Lipinski definition) is 2. The Kier molecular flexibility index (Phi) is 5.48. The molecule has 1 aliphatic carbocycles. The summed E-state index contributed by atoms with van der Waals surface area (Å²) in [6.07, 6.45) is 0.154. The molecule has 0 spiro atoms. The van der Waals surface area contributed by atoms with E-state index in [0.29, 0.717) is 18.0 Å². The van der Waals surface area contributed by atoms with Gasteiger partial charge in [-0.2, -0.15) is 13.2 Å². The number of nitrogens with zero attached hydrogens (tertiary/aromatic N) is 1. The van der Waals surface area contributed by atoms with Gasteiger partial charge in [-0.05, 0) is 68.4 Å². The number of piperidine rings is 1. The molecule has 1 saturated heterocycles. The van der Waals surface area contributed by atoms with Crippen LogP contribution in [0.25, 0.3) is 0 Å². The largest absolute Gasteiger partial charge is 0.416 e. The number of alkyl halides is 3. The lowest BCUT2D eigenvalue weighted by atomic mass is 9.94. The molecule has 0 unspecified atom stereocenters. The monoisotopic (exact) mass is 388 g/mol. The van der Waals surface area contributed by atoms with Crippen LogP contribution in [-0.2, 0) is 18.3 Å². The summed E-state index contributed by atoms with van der Waals surface area (Å²) in [5.41, 5.74) is 1.41. The smallest absolute Gasteiger partial charge is 0.307 e. The summed E-state index contributed by atoms with van der Waals surface area (Å²) in [7, 11) is 0. The van der Waals surface area contributed by atoms with E-state index in [4.69, 9.17) is 0 Å². The van der Waals surface area contributed by atoms with Crippen LogP contribution in [0.2, 0.25) is 0 Å². The van der Waals surface area contributed by atoms with Crippen LogP contribution in [0, 0.1) is 5.92 Å². The normalized spacial score (nSPS) is 20.2. The van der Waals surface area contributed by atoms with Gasteiger partial charge in [-0.15, -0.1) is 0 Å². The maximum atomic E-state index is 13.2. The minimum atomic E-state index is -4.28. The molecule has 1 N–H and O–H groups in total. The van der Waals surface area contributed by atoms with Gasteiger partial charge in [-0.25, -0.2) is 0 Å². The molecule has 2 aromatic carbocycles. The molecule has 0 amide bonds. The van der Waals surface area contributed by atoms with Gasteiger partial charge in [0.2, 0.25) is 0 Å². The van der Waals surface area contributed by atoms with E-state index < -0.39 is 11.7 Å². The second-order valence-corrected chi connectivity index (χ2v) is 8.20. The lowest BCUT2D eigenvalue weighted by molar-refractivity contribution is -0.138. The summed E-state index contributed by atoms with van der Waals surface area (Å²) in [5, 5.41) is 3.78. The van der Waals surface area contributed by atoms with E-state index in [1.807, 2.05) is 6.07 Å². The van der Waals surface area contributed by atoms with E-state index in [-0.39, 0.29) is 5.54 Å². The Labute approximate surface area is 164 Å². The molecular weight excluding hydrogens is 361 g/mol. The minimum Gasteiger partial charge on any atom is -0.307 e. The molecule has 0 bridgehead atoms. The third-order valence-corrected chi connectivity index (χ3v) is 6.23. The Morgan fingerprint density at radius 2 is 1.57 bits per heavy atom. The van der Waals surface area contributed by atoms with Crippen molar-refractivity contribution in [2.75, 3.05) is 19.6 Å². The molecule has 2 aliphatic rings. The van der Waals surface area contributed by atoms with Crippen molar-refractivity contribution in [2.24, 2.45) is 5.92 Å². The van der Waals surface area contributed by atoms with Gasteiger partial charge < -0.3 is 5.32 Å². The first-order valence-electron chi connectivity index (χ1n) is 10.1. The van der Waals surface area contributed by atoms with Crippen LogP contribution in [0.15, 0.2) is 54.6 Å². The van der Waals surface area contributed by atoms with Crippen molar-refractivity contribution in [2.45, 2.75) is 43.9 Å². The standard InChI is InChI=1S/C23H27F3N2/c24-23(25,26)21-9-5-4-6-19(21)17-28-14-10-18(11-15-28)16-27-22(12-13-22)20-7-2-1-3-8-20/h1-9,18,27H,10-17H2. The molecular formula is C23H27F3N2.